The molecule has 0 saturated heterocycles. The quantitative estimate of drug-likeness (QED) is 0.500. The van der Waals surface area contributed by atoms with E-state index in [4.69, 9.17) is 0 Å². The molecule has 2 aromatic heterocycles. The number of aromatic nitrogens is 2. The summed E-state index contributed by atoms with van der Waals surface area (Å²) in [4.78, 5) is 55.2. The second kappa shape index (κ2) is 13.7. The van der Waals surface area contributed by atoms with E-state index in [1.165, 1.54) is 12.4 Å². The van der Waals surface area contributed by atoms with Crippen molar-refractivity contribution in [3.05, 3.63) is 60.2 Å². The van der Waals surface area contributed by atoms with Gasteiger partial charge in [-0.2, -0.15) is 0 Å². The summed E-state index contributed by atoms with van der Waals surface area (Å²) in [6.45, 7) is 7.44. The lowest BCUT2D eigenvalue weighted by Crippen LogP contribution is -2.32. The average Bonchev–Trinajstić information content (AvgIpc) is 2.76. The molecule has 0 spiro atoms. The summed E-state index contributed by atoms with van der Waals surface area (Å²) in [5.74, 6) is -0.696. The minimum Gasteiger partial charge on any atom is -0.356 e. The maximum absolute atomic E-state index is 11.7. The zero-order chi connectivity index (χ0) is 22.4. The van der Waals surface area contributed by atoms with Gasteiger partial charge >= 0.3 is 0 Å². The summed E-state index contributed by atoms with van der Waals surface area (Å²) in [7, 11) is 0. The molecule has 0 aliphatic carbocycles. The first-order valence-corrected chi connectivity index (χ1v) is 9.83. The fourth-order valence-electron chi connectivity index (χ4n) is 2.51. The van der Waals surface area contributed by atoms with E-state index >= 15 is 0 Å². The summed E-state index contributed by atoms with van der Waals surface area (Å²) >= 11 is 0. The third-order valence-corrected chi connectivity index (χ3v) is 4.13. The minimum absolute atomic E-state index is 0.0638. The highest BCUT2D eigenvalue weighted by Gasteiger charge is 2.15. The van der Waals surface area contributed by atoms with Gasteiger partial charge in [-0.05, 0) is 45.0 Å². The second-order valence-electron chi connectivity index (χ2n) is 6.19. The maximum atomic E-state index is 11.7. The number of Topliss-reactive ketones (excluding diaryl/α,β-unsaturated/α-hetero) is 2. The molecule has 2 aromatic rings. The first-order valence-electron chi connectivity index (χ1n) is 9.83. The van der Waals surface area contributed by atoms with Crippen molar-refractivity contribution in [2.24, 2.45) is 0 Å². The van der Waals surface area contributed by atoms with Gasteiger partial charge in [0.1, 0.15) is 0 Å². The van der Waals surface area contributed by atoms with Gasteiger partial charge in [0.05, 0.1) is 12.8 Å². The summed E-state index contributed by atoms with van der Waals surface area (Å²) in [5, 5.41) is 2.57. The Kier molecular flexibility index (Phi) is 11.2. The van der Waals surface area contributed by atoms with Crippen LogP contribution in [0.4, 0.5) is 0 Å². The van der Waals surface area contributed by atoms with Gasteiger partial charge in [-0.1, -0.05) is 0 Å². The Morgan fingerprint density at radius 2 is 1.20 bits per heavy atom. The highest BCUT2D eigenvalue weighted by Crippen LogP contribution is 2.04. The van der Waals surface area contributed by atoms with Crippen LogP contribution in [0, 0.1) is 0 Å². The van der Waals surface area contributed by atoms with Crippen molar-refractivity contribution in [1.82, 2.24) is 20.2 Å². The van der Waals surface area contributed by atoms with E-state index in [0.29, 0.717) is 30.8 Å². The molecule has 30 heavy (non-hydrogen) atoms. The molecule has 0 radical (unpaired) electrons. The fraction of sp³-hybridized carbons (Fsp3) is 0.364. The Morgan fingerprint density at radius 1 is 0.767 bits per heavy atom. The smallest absolute Gasteiger partial charge is 0.230 e. The van der Waals surface area contributed by atoms with Crippen LogP contribution in [0.1, 0.15) is 54.3 Å². The van der Waals surface area contributed by atoms with Crippen LogP contribution in [0.2, 0.25) is 0 Å². The van der Waals surface area contributed by atoms with Gasteiger partial charge in [-0.25, -0.2) is 0 Å². The molecule has 0 saturated carbocycles. The van der Waals surface area contributed by atoms with Crippen LogP contribution < -0.4 is 5.32 Å². The van der Waals surface area contributed by atoms with Crippen LogP contribution in [-0.2, 0) is 9.59 Å². The van der Waals surface area contributed by atoms with Crippen LogP contribution in [0.5, 0.6) is 0 Å². The molecule has 0 unspecified atom stereocenters. The molecule has 0 bridgehead atoms. The fourth-order valence-corrected chi connectivity index (χ4v) is 2.51. The number of hydrogen-bond acceptors (Lipinski definition) is 6. The van der Waals surface area contributed by atoms with Crippen molar-refractivity contribution < 1.29 is 19.2 Å². The van der Waals surface area contributed by atoms with Crippen LogP contribution in [0.3, 0.4) is 0 Å². The SMILES string of the molecule is CCN(CC)C(=O)CC(=O)c1ccncc1.CCNC(=O)CC(=O)c1ccncc1. The number of amides is 2. The van der Waals surface area contributed by atoms with Crippen molar-refractivity contribution in [1.29, 1.82) is 0 Å². The summed E-state index contributed by atoms with van der Waals surface area (Å²) in [5.41, 5.74) is 1.06. The van der Waals surface area contributed by atoms with Crippen molar-refractivity contribution in [3.8, 4) is 0 Å². The molecule has 0 aliphatic heterocycles. The molecule has 2 amide bonds. The van der Waals surface area contributed by atoms with Gasteiger partial charge < -0.3 is 10.2 Å². The lowest BCUT2D eigenvalue weighted by molar-refractivity contribution is -0.129. The highest BCUT2D eigenvalue weighted by atomic mass is 16.2. The number of pyridine rings is 2. The lowest BCUT2D eigenvalue weighted by Gasteiger charge is -2.17. The highest BCUT2D eigenvalue weighted by molar-refractivity contribution is 6.07. The van der Waals surface area contributed by atoms with Gasteiger partial charge in [0.25, 0.3) is 0 Å². The van der Waals surface area contributed by atoms with Crippen molar-refractivity contribution >= 4 is 23.4 Å². The third kappa shape index (κ3) is 8.72. The Balaban J connectivity index is 0.000000303. The summed E-state index contributed by atoms with van der Waals surface area (Å²) in [6, 6.07) is 6.44. The predicted molar refractivity (Wildman–Crippen MR) is 113 cm³/mol. The van der Waals surface area contributed by atoms with Gasteiger partial charge in [0.2, 0.25) is 11.8 Å². The standard InChI is InChI=1S/C12H16N2O2.C10H12N2O2/c1-3-14(4-2)12(16)9-11(15)10-5-7-13-8-6-10;1-2-12-10(14)7-9(13)8-3-5-11-6-4-8/h5-8H,3-4,9H2,1-2H3;3-6H,2,7H2,1H3,(H,12,14). The molecule has 2 rings (SSSR count). The summed E-state index contributed by atoms with van der Waals surface area (Å²) < 4.78 is 0. The van der Waals surface area contributed by atoms with Gasteiger partial charge in [0, 0.05) is 55.5 Å². The zero-order valence-electron chi connectivity index (χ0n) is 17.6. The molecule has 160 valence electrons. The van der Waals surface area contributed by atoms with Crippen molar-refractivity contribution in [2.45, 2.75) is 33.6 Å². The van der Waals surface area contributed by atoms with Crippen LogP contribution in [0.25, 0.3) is 0 Å². The molecule has 0 fully saturated rings. The van der Waals surface area contributed by atoms with Crippen LogP contribution in [0.15, 0.2) is 49.1 Å². The van der Waals surface area contributed by atoms with Crippen molar-refractivity contribution in [2.75, 3.05) is 19.6 Å². The Hall–Kier alpha value is -3.42. The van der Waals surface area contributed by atoms with Crippen LogP contribution >= 0.6 is 0 Å². The van der Waals surface area contributed by atoms with Gasteiger partial charge in [0.15, 0.2) is 11.6 Å². The van der Waals surface area contributed by atoms with E-state index < -0.39 is 0 Å². The number of hydrogen-bond donors (Lipinski definition) is 1. The molecule has 1 N–H and O–H groups in total. The molecule has 8 heteroatoms. The van der Waals surface area contributed by atoms with E-state index in [1.807, 2.05) is 20.8 Å². The van der Waals surface area contributed by atoms with Crippen LogP contribution in [-0.4, -0.2) is 57.9 Å². The van der Waals surface area contributed by atoms with Crippen molar-refractivity contribution in [3.63, 3.8) is 0 Å². The second-order valence-corrected chi connectivity index (χ2v) is 6.19. The first kappa shape index (κ1) is 24.6. The average molecular weight is 412 g/mol. The molecule has 8 nitrogen and oxygen atoms in total. The zero-order valence-corrected chi connectivity index (χ0v) is 17.6. The molecular formula is C22H28N4O4. The first-order chi connectivity index (χ1) is 14.4. The van der Waals surface area contributed by atoms with E-state index in [2.05, 4.69) is 15.3 Å². The molecule has 0 atom stereocenters. The predicted octanol–water partition coefficient (Wildman–Crippen LogP) is 2.31. The monoisotopic (exact) mass is 412 g/mol. The van der Waals surface area contributed by atoms with E-state index in [-0.39, 0.29) is 36.2 Å². The Bertz CT molecular complexity index is 822. The number of ketones is 2. The number of nitrogens with one attached hydrogen (secondary N) is 1. The largest absolute Gasteiger partial charge is 0.356 e. The lowest BCUT2D eigenvalue weighted by atomic mass is 10.1. The molecular weight excluding hydrogens is 384 g/mol. The van der Waals surface area contributed by atoms with Gasteiger partial charge in [-0.3, -0.25) is 29.1 Å². The Morgan fingerprint density at radius 3 is 1.60 bits per heavy atom. The number of nitrogens with zero attached hydrogens (tertiary/aromatic N) is 3. The minimum atomic E-state index is -0.241. The van der Waals surface area contributed by atoms with E-state index in [1.54, 1.807) is 41.6 Å². The molecule has 0 aliphatic rings. The van der Waals surface area contributed by atoms with Gasteiger partial charge in [-0.15, -0.1) is 0 Å². The molecule has 0 aromatic carbocycles. The molecule has 2 heterocycles. The maximum Gasteiger partial charge on any atom is 0.230 e. The van der Waals surface area contributed by atoms with E-state index in [9.17, 15) is 19.2 Å². The van der Waals surface area contributed by atoms with E-state index in [0.717, 1.165) is 0 Å². The topological polar surface area (TPSA) is 109 Å². The normalized spacial score (nSPS) is 9.70. The summed E-state index contributed by atoms with van der Waals surface area (Å²) in [6.07, 6.45) is 6.00. The number of carbonyl (C=O) groups excluding carboxylic acids is 4. The Labute approximate surface area is 176 Å². The number of rotatable bonds is 9. The third-order valence-electron chi connectivity index (χ3n) is 4.13. The number of carbonyl (C=O) groups is 4.